The molecular weight excluding hydrogens is 837 g/mol. The van der Waals surface area contributed by atoms with Gasteiger partial charge in [0, 0.05) is 13.0 Å². The van der Waals surface area contributed by atoms with Gasteiger partial charge >= 0.3 is 11.9 Å². The fraction of sp³-hybridized carbons (Fsp3) is 0.746. The number of rotatable bonds is 53. The summed E-state index contributed by atoms with van der Waals surface area (Å²) in [7, 11) is 0. The Bertz CT molecular complexity index is 1250. The maximum Gasteiger partial charge on any atom is 0.310 e. The maximum absolute atomic E-state index is 12.8. The quantitative estimate of drug-likeness (QED) is 0.0345. The number of carbonyl (C=O) groups is 2. The highest BCUT2D eigenvalue weighted by Crippen LogP contribution is 2.15. The standard InChI is InChI=1S/C63H110O5/c1-4-7-10-13-16-19-22-25-28-30-31-32-34-37-40-43-46-49-52-55-58-66-59-61(68-63(65)57-54-51-48-45-42-39-35-27-24-21-18-15-12-9-6-3)60-67-62(64)56-53-50-47-44-41-38-36-33-29-26-23-20-17-14-11-8-5-2/h9,12,18,21,25-29,35,42,45,51,54,61H,4-8,10-11,13-17,19-20,22-24,30-34,36-41,43-44,46-50,52-53,55-60H2,1-3H3/b12-9-,21-18-,28-25-,29-26-,35-27-,45-42-,54-51-. The van der Waals surface area contributed by atoms with Crippen molar-refractivity contribution < 1.29 is 23.8 Å². The van der Waals surface area contributed by atoms with Crippen LogP contribution in [0.2, 0.25) is 0 Å². The van der Waals surface area contributed by atoms with Gasteiger partial charge in [0.25, 0.3) is 0 Å². The SMILES string of the molecule is CC/C=C\C/C=C\C/C=C\C/C=C\C/C=C\CC(=O)OC(COCCCCCCCCCCCC/C=C\CCCCCCCC)COC(=O)CCCCCCCCC/C=C\CCCCCCCC. The van der Waals surface area contributed by atoms with Crippen molar-refractivity contribution in [3.63, 3.8) is 0 Å². The van der Waals surface area contributed by atoms with E-state index in [2.05, 4.69) is 93.7 Å². The highest BCUT2D eigenvalue weighted by Gasteiger charge is 2.17. The summed E-state index contributed by atoms with van der Waals surface area (Å²) in [6, 6.07) is 0. The smallest absolute Gasteiger partial charge is 0.310 e. The van der Waals surface area contributed by atoms with Crippen molar-refractivity contribution in [2.75, 3.05) is 19.8 Å². The molecule has 0 aliphatic rings. The van der Waals surface area contributed by atoms with Crippen molar-refractivity contribution in [3.05, 3.63) is 85.1 Å². The van der Waals surface area contributed by atoms with E-state index in [0.29, 0.717) is 13.0 Å². The molecule has 0 spiro atoms. The summed E-state index contributed by atoms with van der Waals surface area (Å²) in [5.41, 5.74) is 0. The third kappa shape index (κ3) is 55.7. The first-order valence-corrected chi connectivity index (χ1v) is 29.1. The predicted molar refractivity (Wildman–Crippen MR) is 297 cm³/mol. The van der Waals surface area contributed by atoms with Crippen LogP contribution in [0, 0.1) is 0 Å². The van der Waals surface area contributed by atoms with Crippen LogP contribution in [0.15, 0.2) is 85.1 Å². The van der Waals surface area contributed by atoms with Crippen molar-refractivity contribution in [1.29, 1.82) is 0 Å². The van der Waals surface area contributed by atoms with Crippen LogP contribution in [-0.4, -0.2) is 37.9 Å². The maximum atomic E-state index is 12.8. The van der Waals surface area contributed by atoms with Gasteiger partial charge in [-0.25, -0.2) is 0 Å². The van der Waals surface area contributed by atoms with Gasteiger partial charge in [0.15, 0.2) is 6.10 Å². The normalized spacial score (nSPS) is 12.8. The molecule has 0 amide bonds. The second kappa shape index (κ2) is 58.4. The van der Waals surface area contributed by atoms with Gasteiger partial charge in [-0.2, -0.15) is 0 Å². The van der Waals surface area contributed by atoms with Crippen molar-refractivity contribution in [3.8, 4) is 0 Å². The Kier molecular flexibility index (Phi) is 55.9. The first-order chi connectivity index (χ1) is 33.6. The molecular formula is C63H110O5. The van der Waals surface area contributed by atoms with E-state index >= 15 is 0 Å². The Morgan fingerprint density at radius 3 is 1.12 bits per heavy atom. The van der Waals surface area contributed by atoms with Crippen LogP contribution < -0.4 is 0 Å². The number of hydrogen-bond donors (Lipinski definition) is 0. The van der Waals surface area contributed by atoms with Gasteiger partial charge in [-0.3, -0.25) is 9.59 Å². The van der Waals surface area contributed by atoms with Crippen LogP contribution in [0.25, 0.3) is 0 Å². The van der Waals surface area contributed by atoms with Crippen LogP contribution >= 0.6 is 0 Å². The van der Waals surface area contributed by atoms with Crippen LogP contribution in [0.1, 0.15) is 278 Å². The topological polar surface area (TPSA) is 61.8 Å². The summed E-state index contributed by atoms with van der Waals surface area (Å²) in [4.78, 5) is 25.4. The number of carbonyl (C=O) groups excluding carboxylic acids is 2. The molecule has 0 bridgehead atoms. The molecule has 0 aromatic carbocycles. The van der Waals surface area contributed by atoms with E-state index in [1.54, 1.807) is 0 Å². The van der Waals surface area contributed by atoms with E-state index < -0.39 is 6.10 Å². The van der Waals surface area contributed by atoms with Crippen molar-refractivity contribution in [2.24, 2.45) is 0 Å². The van der Waals surface area contributed by atoms with E-state index in [0.717, 1.165) is 64.2 Å². The number of ether oxygens (including phenoxy) is 3. The average molecular weight is 948 g/mol. The predicted octanol–water partition coefficient (Wildman–Crippen LogP) is 20.0. The lowest BCUT2D eigenvalue weighted by atomic mass is 10.1. The zero-order valence-corrected chi connectivity index (χ0v) is 45.1. The number of esters is 2. The lowest BCUT2D eigenvalue weighted by Gasteiger charge is -2.18. The van der Waals surface area contributed by atoms with Crippen LogP contribution in [0.5, 0.6) is 0 Å². The van der Waals surface area contributed by atoms with Gasteiger partial charge in [-0.1, -0.05) is 254 Å². The third-order valence-electron chi connectivity index (χ3n) is 12.4. The zero-order valence-electron chi connectivity index (χ0n) is 45.1. The average Bonchev–Trinajstić information content (AvgIpc) is 3.34. The summed E-state index contributed by atoms with van der Waals surface area (Å²) in [5.74, 6) is -0.543. The van der Waals surface area contributed by atoms with Crippen LogP contribution in [0.3, 0.4) is 0 Å². The summed E-state index contributed by atoms with van der Waals surface area (Å²) < 4.78 is 17.4. The van der Waals surface area contributed by atoms with E-state index in [4.69, 9.17) is 14.2 Å². The van der Waals surface area contributed by atoms with E-state index in [-0.39, 0.29) is 31.6 Å². The minimum absolute atomic E-state index is 0.0413. The van der Waals surface area contributed by atoms with Gasteiger partial charge in [-0.05, 0) is 96.3 Å². The van der Waals surface area contributed by atoms with Crippen molar-refractivity contribution in [1.82, 2.24) is 0 Å². The molecule has 0 aromatic heterocycles. The zero-order chi connectivity index (χ0) is 49.2. The molecule has 1 atom stereocenters. The molecule has 0 rings (SSSR count). The molecule has 1 unspecified atom stereocenters. The largest absolute Gasteiger partial charge is 0.462 e. The molecule has 0 aromatic rings. The summed E-state index contributed by atoms with van der Waals surface area (Å²) in [5, 5.41) is 0. The molecule has 0 heterocycles. The fourth-order valence-electron chi connectivity index (χ4n) is 8.11. The van der Waals surface area contributed by atoms with Crippen molar-refractivity contribution >= 4 is 11.9 Å². The Hall–Kier alpha value is -2.92. The minimum atomic E-state index is -0.597. The Morgan fingerprint density at radius 1 is 0.353 bits per heavy atom. The Labute approximate surface area is 422 Å². The van der Waals surface area contributed by atoms with Gasteiger partial charge < -0.3 is 14.2 Å². The Morgan fingerprint density at radius 2 is 0.706 bits per heavy atom. The highest BCUT2D eigenvalue weighted by molar-refractivity contribution is 5.71. The second-order valence-corrected chi connectivity index (χ2v) is 19.2. The summed E-state index contributed by atoms with van der Waals surface area (Å²) in [6.07, 6.45) is 77.8. The molecule has 68 heavy (non-hydrogen) atoms. The van der Waals surface area contributed by atoms with Gasteiger partial charge in [-0.15, -0.1) is 0 Å². The fourth-order valence-corrected chi connectivity index (χ4v) is 8.11. The highest BCUT2D eigenvalue weighted by atomic mass is 16.6. The molecule has 0 aliphatic heterocycles. The van der Waals surface area contributed by atoms with E-state index in [1.807, 2.05) is 12.2 Å². The van der Waals surface area contributed by atoms with E-state index in [1.165, 1.54) is 180 Å². The Balaban J connectivity index is 4.35. The first kappa shape index (κ1) is 65.1. The van der Waals surface area contributed by atoms with Crippen molar-refractivity contribution in [2.45, 2.75) is 284 Å². The minimum Gasteiger partial charge on any atom is -0.462 e. The number of unbranched alkanes of at least 4 members (excludes halogenated alkanes) is 29. The van der Waals surface area contributed by atoms with E-state index in [9.17, 15) is 9.59 Å². The van der Waals surface area contributed by atoms with Gasteiger partial charge in [0.2, 0.25) is 0 Å². The molecule has 0 saturated heterocycles. The van der Waals surface area contributed by atoms with Gasteiger partial charge in [0.05, 0.1) is 13.0 Å². The summed E-state index contributed by atoms with van der Waals surface area (Å²) in [6.45, 7) is 7.62. The molecule has 0 fully saturated rings. The third-order valence-corrected chi connectivity index (χ3v) is 12.4. The number of allylic oxidation sites excluding steroid dienone is 13. The molecule has 0 radical (unpaired) electrons. The molecule has 0 N–H and O–H groups in total. The molecule has 0 saturated carbocycles. The molecule has 5 nitrogen and oxygen atoms in total. The first-order valence-electron chi connectivity index (χ1n) is 29.1. The molecule has 5 heteroatoms. The monoisotopic (exact) mass is 947 g/mol. The lowest BCUT2D eigenvalue weighted by Crippen LogP contribution is -2.29. The molecule has 392 valence electrons. The van der Waals surface area contributed by atoms with Gasteiger partial charge in [0.1, 0.15) is 6.61 Å². The molecule has 0 aliphatic carbocycles. The van der Waals surface area contributed by atoms with Crippen LogP contribution in [0.4, 0.5) is 0 Å². The van der Waals surface area contributed by atoms with Crippen LogP contribution in [-0.2, 0) is 23.8 Å². The second-order valence-electron chi connectivity index (χ2n) is 19.2. The summed E-state index contributed by atoms with van der Waals surface area (Å²) >= 11 is 0. The number of hydrogen-bond acceptors (Lipinski definition) is 5. The lowest BCUT2D eigenvalue weighted by molar-refractivity contribution is -0.162.